The molecule has 2 aromatic rings. The Balaban J connectivity index is 2.32. The first-order valence-corrected chi connectivity index (χ1v) is 7.23. The third kappa shape index (κ3) is 3.60. The van der Waals surface area contributed by atoms with E-state index < -0.39 is 0 Å². The molecular weight excluding hydrogens is 270 g/mol. The second-order valence-electron chi connectivity index (χ2n) is 4.60. The molecule has 2 rings (SSSR count). The molecule has 2 aromatic carbocycles. The summed E-state index contributed by atoms with van der Waals surface area (Å²) in [5.74, 6) is 0. The van der Waals surface area contributed by atoms with E-state index in [-0.39, 0.29) is 12.1 Å². The van der Waals surface area contributed by atoms with Crippen molar-refractivity contribution in [2.75, 3.05) is 13.7 Å². The van der Waals surface area contributed by atoms with Gasteiger partial charge in [0.2, 0.25) is 0 Å². The second kappa shape index (κ2) is 7.44. The first-order chi connectivity index (χ1) is 9.76. The van der Waals surface area contributed by atoms with E-state index in [2.05, 4.69) is 17.4 Å². The van der Waals surface area contributed by atoms with Gasteiger partial charge in [-0.25, -0.2) is 0 Å². The van der Waals surface area contributed by atoms with Gasteiger partial charge in [-0.05, 0) is 37.2 Å². The monoisotopic (exact) mass is 289 g/mol. The van der Waals surface area contributed by atoms with Crippen LogP contribution in [0, 0.1) is 0 Å². The van der Waals surface area contributed by atoms with Crippen LogP contribution in [0.2, 0.25) is 5.02 Å². The number of halogens is 1. The van der Waals surface area contributed by atoms with Crippen LogP contribution in [0.25, 0.3) is 0 Å². The molecule has 20 heavy (non-hydrogen) atoms. The Kier molecular flexibility index (Phi) is 5.60. The van der Waals surface area contributed by atoms with E-state index in [1.165, 1.54) is 11.1 Å². The Morgan fingerprint density at radius 3 is 2.20 bits per heavy atom. The minimum absolute atomic E-state index is 0.0209. The average Bonchev–Trinajstić information content (AvgIpc) is 2.50. The molecule has 0 spiro atoms. The molecule has 106 valence electrons. The zero-order valence-electron chi connectivity index (χ0n) is 11.8. The normalized spacial score (nSPS) is 13.9. The van der Waals surface area contributed by atoms with E-state index in [9.17, 15) is 0 Å². The van der Waals surface area contributed by atoms with E-state index in [1.807, 2.05) is 56.4 Å². The summed E-state index contributed by atoms with van der Waals surface area (Å²) in [6, 6.07) is 18.3. The van der Waals surface area contributed by atoms with Crippen LogP contribution < -0.4 is 5.32 Å². The molecule has 0 radical (unpaired) electrons. The van der Waals surface area contributed by atoms with Gasteiger partial charge in [0.15, 0.2) is 0 Å². The third-order valence-corrected chi connectivity index (χ3v) is 3.57. The quantitative estimate of drug-likeness (QED) is 0.852. The zero-order chi connectivity index (χ0) is 14.4. The highest BCUT2D eigenvalue weighted by atomic mass is 35.5. The van der Waals surface area contributed by atoms with E-state index in [1.54, 1.807) is 0 Å². The van der Waals surface area contributed by atoms with Crippen molar-refractivity contribution in [2.24, 2.45) is 0 Å². The van der Waals surface area contributed by atoms with Crippen molar-refractivity contribution in [3.05, 3.63) is 70.7 Å². The van der Waals surface area contributed by atoms with Crippen molar-refractivity contribution in [3.8, 4) is 0 Å². The number of hydrogen-bond acceptors (Lipinski definition) is 2. The smallest absolute Gasteiger partial charge is 0.102 e. The van der Waals surface area contributed by atoms with Crippen LogP contribution in [0.15, 0.2) is 54.6 Å². The topological polar surface area (TPSA) is 21.3 Å². The second-order valence-corrected chi connectivity index (χ2v) is 5.04. The molecule has 2 nitrogen and oxygen atoms in total. The summed E-state index contributed by atoms with van der Waals surface area (Å²) in [5.41, 5.74) is 2.34. The van der Waals surface area contributed by atoms with Crippen molar-refractivity contribution in [1.29, 1.82) is 0 Å². The van der Waals surface area contributed by atoms with Gasteiger partial charge in [0, 0.05) is 11.6 Å². The first kappa shape index (κ1) is 15.0. The Hall–Kier alpha value is -1.35. The fraction of sp³-hybridized carbons (Fsp3) is 0.294. The van der Waals surface area contributed by atoms with Crippen molar-refractivity contribution in [3.63, 3.8) is 0 Å². The summed E-state index contributed by atoms with van der Waals surface area (Å²) >= 11 is 5.97. The molecule has 1 N–H and O–H groups in total. The standard InChI is InChI=1S/C17H20ClNO/c1-3-20-17(14-7-5-4-6-8-14)16(19-2)13-9-11-15(18)12-10-13/h4-12,16-17,19H,3H2,1-2H3. The van der Waals surface area contributed by atoms with Crippen LogP contribution in [0.3, 0.4) is 0 Å². The molecule has 0 amide bonds. The van der Waals surface area contributed by atoms with Crippen molar-refractivity contribution >= 4 is 11.6 Å². The minimum atomic E-state index is -0.0209. The molecule has 0 saturated heterocycles. The SMILES string of the molecule is CCOC(c1ccccc1)C(NC)c1ccc(Cl)cc1. The predicted octanol–water partition coefficient (Wildman–Crippen LogP) is 4.38. The molecule has 0 aliphatic rings. The summed E-state index contributed by atoms with van der Waals surface area (Å²) in [6.07, 6.45) is -0.0209. The largest absolute Gasteiger partial charge is 0.372 e. The number of nitrogens with one attached hydrogen (secondary N) is 1. The Labute approximate surface area is 125 Å². The van der Waals surface area contributed by atoms with Gasteiger partial charge in [0.25, 0.3) is 0 Å². The number of hydrogen-bond donors (Lipinski definition) is 1. The van der Waals surface area contributed by atoms with Crippen LogP contribution in [-0.4, -0.2) is 13.7 Å². The maximum absolute atomic E-state index is 5.97. The van der Waals surface area contributed by atoms with Crippen LogP contribution in [0.4, 0.5) is 0 Å². The van der Waals surface area contributed by atoms with Crippen LogP contribution in [0.1, 0.15) is 30.2 Å². The molecule has 0 saturated carbocycles. The number of likely N-dealkylation sites (N-methyl/N-ethyl adjacent to an activating group) is 1. The summed E-state index contributed by atoms with van der Waals surface area (Å²) < 4.78 is 5.97. The van der Waals surface area contributed by atoms with E-state index in [0.717, 1.165) is 5.02 Å². The van der Waals surface area contributed by atoms with Gasteiger partial charge in [-0.15, -0.1) is 0 Å². The van der Waals surface area contributed by atoms with Gasteiger partial charge in [-0.2, -0.15) is 0 Å². The summed E-state index contributed by atoms with van der Waals surface area (Å²) in [5, 5.41) is 4.10. The first-order valence-electron chi connectivity index (χ1n) is 6.85. The molecule has 0 fully saturated rings. The number of ether oxygens (including phenoxy) is 1. The Morgan fingerprint density at radius 1 is 1.00 bits per heavy atom. The van der Waals surface area contributed by atoms with Crippen molar-refractivity contribution in [1.82, 2.24) is 5.32 Å². The van der Waals surface area contributed by atoms with Gasteiger partial charge >= 0.3 is 0 Å². The van der Waals surface area contributed by atoms with Gasteiger partial charge in [-0.1, -0.05) is 54.1 Å². The average molecular weight is 290 g/mol. The highest BCUT2D eigenvalue weighted by molar-refractivity contribution is 6.30. The van der Waals surface area contributed by atoms with Crippen LogP contribution >= 0.6 is 11.6 Å². The molecule has 2 atom stereocenters. The molecule has 3 heteroatoms. The van der Waals surface area contributed by atoms with E-state index in [4.69, 9.17) is 16.3 Å². The Bertz CT molecular complexity index is 512. The summed E-state index contributed by atoms with van der Waals surface area (Å²) in [4.78, 5) is 0. The number of benzene rings is 2. The zero-order valence-corrected chi connectivity index (χ0v) is 12.6. The molecule has 0 bridgehead atoms. The molecule has 0 aromatic heterocycles. The highest BCUT2D eigenvalue weighted by Gasteiger charge is 2.23. The van der Waals surface area contributed by atoms with Gasteiger partial charge in [0.1, 0.15) is 6.10 Å². The maximum atomic E-state index is 5.97. The van der Waals surface area contributed by atoms with Crippen LogP contribution in [-0.2, 0) is 4.74 Å². The predicted molar refractivity (Wildman–Crippen MR) is 84.1 cm³/mol. The molecule has 0 aliphatic carbocycles. The highest BCUT2D eigenvalue weighted by Crippen LogP contribution is 2.32. The lowest BCUT2D eigenvalue weighted by molar-refractivity contribution is 0.0347. The summed E-state index contributed by atoms with van der Waals surface area (Å²) in [7, 11) is 1.95. The summed E-state index contributed by atoms with van der Waals surface area (Å²) in [6.45, 7) is 2.69. The lowest BCUT2D eigenvalue weighted by Crippen LogP contribution is -2.25. The van der Waals surface area contributed by atoms with Crippen LogP contribution in [0.5, 0.6) is 0 Å². The van der Waals surface area contributed by atoms with E-state index in [0.29, 0.717) is 6.61 Å². The number of rotatable bonds is 6. The lowest BCUT2D eigenvalue weighted by atomic mass is 9.96. The third-order valence-electron chi connectivity index (χ3n) is 3.32. The lowest BCUT2D eigenvalue weighted by Gasteiger charge is -2.27. The molecule has 2 unspecified atom stereocenters. The van der Waals surface area contributed by atoms with Gasteiger partial charge in [-0.3, -0.25) is 0 Å². The van der Waals surface area contributed by atoms with Gasteiger partial charge in [0.05, 0.1) is 6.04 Å². The van der Waals surface area contributed by atoms with Crippen molar-refractivity contribution < 1.29 is 4.74 Å². The van der Waals surface area contributed by atoms with E-state index >= 15 is 0 Å². The fourth-order valence-electron chi connectivity index (χ4n) is 2.37. The maximum Gasteiger partial charge on any atom is 0.102 e. The van der Waals surface area contributed by atoms with Gasteiger partial charge < -0.3 is 10.1 Å². The fourth-order valence-corrected chi connectivity index (χ4v) is 2.50. The Morgan fingerprint density at radius 2 is 1.65 bits per heavy atom. The molecule has 0 heterocycles. The minimum Gasteiger partial charge on any atom is -0.372 e. The molecule has 0 aliphatic heterocycles. The molecular formula is C17H20ClNO. The van der Waals surface area contributed by atoms with Crippen molar-refractivity contribution in [2.45, 2.75) is 19.1 Å².